The third-order valence-corrected chi connectivity index (χ3v) is 8.00. The highest BCUT2D eigenvalue weighted by atomic mass is 16.6. The van der Waals surface area contributed by atoms with Crippen LogP contribution >= 0.6 is 0 Å². The van der Waals surface area contributed by atoms with Gasteiger partial charge in [-0.25, -0.2) is 0 Å². The highest BCUT2D eigenvalue weighted by Crippen LogP contribution is 2.14. The molecule has 0 radical (unpaired) electrons. The molecule has 0 bridgehead atoms. The number of aliphatic hydroxyl groups is 1. The second-order valence-corrected chi connectivity index (χ2v) is 12.3. The molecule has 0 aromatic heterocycles. The number of ether oxygens (including phenoxy) is 2. The van der Waals surface area contributed by atoms with E-state index in [1.54, 1.807) is 0 Å². The van der Waals surface area contributed by atoms with Gasteiger partial charge in [0.1, 0.15) is 6.61 Å². The highest BCUT2D eigenvalue weighted by Gasteiger charge is 2.16. The zero-order valence-electron chi connectivity index (χ0n) is 28.5. The molecule has 0 unspecified atom stereocenters. The molecule has 0 saturated carbocycles. The Morgan fingerprint density at radius 1 is 0.535 bits per heavy atom. The maximum absolute atomic E-state index is 12.1. The number of rotatable bonds is 33. The summed E-state index contributed by atoms with van der Waals surface area (Å²) >= 11 is 0. The van der Waals surface area contributed by atoms with E-state index in [0.717, 1.165) is 51.4 Å². The van der Waals surface area contributed by atoms with Crippen molar-refractivity contribution in [3.05, 3.63) is 24.3 Å². The number of carbonyl (C=O) groups is 2. The van der Waals surface area contributed by atoms with Gasteiger partial charge < -0.3 is 14.6 Å². The first-order valence-electron chi connectivity index (χ1n) is 18.4. The number of allylic oxidation sites excluding steroid dienone is 4. The van der Waals surface area contributed by atoms with Crippen LogP contribution in [-0.2, 0) is 19.1 Å². The predicted molar refractivity (Wildman–Crippen MR) is 182 cm³/mol. The minimum atomic E-state index is -0.771. The van der Waals surface area contributed by atoms with Crippen LogP contribution in [0.3, 0.4) is 0 Å². The Hall–Kier alpha value is -1.62. The van der Waals surface area contributed by atoms with Crippen LogP contribution in [0.1, 0.15) is 187 Å². The summed E-state index contributed by atoms with van der Waals surface area (Å²) in [5.41, 5.74) is 0. The molecule has 1 atom stereocenters. The molecule has 1 N–H and O–H groups in total. The molecule has 0 fully saturated rings. The fraction of sp³-hybridized carbons (Fsp3) is 0.842. The molecule has 0 aromatic carbocycles. The molecule has 5 nitrogen and oxygen atoms in total. The van der Waals surface area contributed by atoms with Gasteiger partial charge in [-0.2, -0.15) is 0 Å². The normalized spacial score (nSPS) is 12.3. The van der Waals surface area contributed by atoms with Gasteiger partial charge in [0.05, 0.1) is 6.61 Å². The molecule has 0 rings (SSSR count). The summed E-state index contributed by atoms with van der Waals surface area (Å²) in [5, 5.41) is 9.52. The van der Waals surface area contributed by atoms with E-state index in [0.29, 0.717) is 12.8 Å². The summed E-state index contributed by atoms with van der Waals surface area (Å²) in [5.74, 6) is -0.602. The molecular formula is C38H70O5. The minimum Gasteiger partial charge on any atom is -0.462 e. The van der Waals surface area contributed by atoms with Crippen LogP contribution in [0.2, 0.25) is 0 Å². The van der Waals surface area contributed by atoms with Gasteiger partial charge in [-0.1, -0.05) is 160 Å². The number of carbonyl (C=O) groups excluding carboxylic acids is 2. The average molecular weight is 607 g/mol. The summed E-state index contributed by atoms with van der Waals surface area (Å²) in [6.07, 6.45) is 39.4. The molecule has 0 heterocycles. The molecule has 252 valence electrons. The Balaban J connectivity index is 3.57. The Bertz CT molecular complexity index is 657. The van der Waals surface area contributed by atoms with Gasteiger partial charge in [0.25, 0.3) is 0 Å². The lowest BCUT2D eigenvalue weighted by molar-refractivity contribution is -0.161. The average Bonchev–Trinajstić information content (AvgIpc) is 3.01. The first-order valence-corrected chi connectivity index (χ1v) is 18.4. The van der Waals surface area contributed by atoms with Gasteiger partial charge in [-0.05, 0) is 38.5 Å². The Labute approximate surface area is 266 Å². The van der Waals surface area contributed by atoms with Gasteiger partial charge >= 0.3 is 11.9 Å². The third-order valence-electron chi connectivity index (χ3n) is 8.00. The molecule has 0 aliphatic heterocycles. The number of aliphatic hydroxyl groups excluding tert-OH is 1. The van der Waals surface area contributed by atoms with E-state index in [2.05, 4.69) is 38.2 Å². The Morgan fingerprint density at radius 3 is 1.44 bits per heavy atom. The van der Waals surface area contributed by atoms with E-state index < -0.39 is 6.10 Å². The topological polar surface area (TPSA) is 72.8 Å². The fourth-order valence-electron chi connectivity index (χ4n) is 5.16. The summed E-state index contributed by atoms with van der Waals surface area (Å²) in [6.45, 7) is 4.08. The molecule has 5 heteroatoms. The maximum atomic E-state index is 12.1. The summed E-state index contributed by atoms with van der Waals surface area (Å²) < 4.78 is 10.6. The third kappa shape index (κ3) is 33.1. The zero-order valence-corrected chi connectivity index (χ0v) is 28.5. The first kappa shape index (κ1) is 41.4. The number of hydrogen-bond acceptors (Lipinski definition) is 5. The lowest BCUT2D eigenvalue weighted by Gasteiger charge is -2.15. The fourth-order valence-corrected chi connectivity index (χ4v) is 5.16. The smallest absolute Gasteiger partial charge is 0.306 e. The van der Waals surface area contributed by atoms with Crippen molar-refractivity contribution in [2.75, 3.05) is 13.2 Å². The van der Waals surface area contributed by atoms with Crippen LogP contribution < -0.4 is 0 Å². The van der Waals surface area contributed by atoms with Crippen molar-refractivity contribution >= 4 is 11.9 Å². The number of esters is 2. The van der Waals surface area contributed by atoms with Crippen molar-refractivity contribution in [1.29, 1.82) is 0 Å². The number of hydrogen-bond donors (Lipinski definition) is 1. The molecular weight excluding hydrogens is 536 g/mol. The standard InChI is InChI=1S/C38H70O5/c1-3-5-7-9-11-13-15-17-19-21-23-25-27-29-31-33-38(41)43-36(34-39)35-42-37(40)32-30-28-26-24-22-20-18-16-14-12-10-8-6-4-2/h10,12,16,18,36,39H,3-9,11,13-15,17,19-35H2,1-2H3/b12-10+,18-16+/t36-/m0/s1. The Kier molecular flexibility index (Phi) is 33.6. The molecule has 0 aliphatic carbocycles. The van der Waals surface area contributed by atoms with Crippen molar-refractivity contribution in [1.82, 2.24) is 0 Å². The SMILES string of the molecule is CCCC/C=C/C/C=C/CCCCCCCC(=O)OC[C@H](CO)OC(=O)CCCCCCCCCCCCCCCCC. The zero-order chi connectivity index (χ0) is 31.5. The van der Waals surface area contributed by atoms with Crippen LogP contribution in [0.15, 0.2) is 24.3 Å². The van der Waals surface area contributed by atoms with Gasteiger partial charge in [0.15, 0.2) is 6.10 Å². The van der Waals surface area contributed by atoms with Crippen LogP contribution in [-0.4, -0.2) is 36.4 Å². The monoisotopic (exact) mass is 607 g/mol. The van der Waals surface area contributed by atoms with Crippen LogP contribution in [0.4, 0.5) is 0 Å². The Morgan fingerprint density at radius 2 is 0.953 bits per heavy atom. The second-order valence-electron chi connectivity index (χ2n) is 12.3. The molecule has 43 heavy (non-hydrogen) atoms. The second kappa shape index (κ2) is 34.9. The molecule has 0 aliphatic rings. The predicted octanol–water partition coefficient (Wildman–Crippen LogP) is 11.1. The van der Waals surface area contributed by atoms with E-state index in [9.17, 15) is 14.7 Å². The van der Waals surface area contributed by atoms with Gasteiger partial charge in [0.2, 0.25) is 0 Å². The van der Waals surface area contributed by atoms with Gasteiger partial charge in [-0.3, -0.25) is 9.59 Å². The molecule has 0 amide bonds. The van der Waals surface area contributed by atoms with Crippen molar-refractivity contribution in [3.63, 3.8) is 0 Å². The maximum Gasteiger partial charge on any atom is 0.306 e. The van der Waals surface area contributed by atoms with Crippen molar-refractivity contribution < 1.29 is 24.2 Å². The molecule has 0 saturated heterocycles. The van der Waals surface area contributed by atoms with Gasteiger partial charge in [-0.15, -0.1) is 0 Å². The van der Waals surface area contributed by atoms with E-state index in [1.165, 1.54) is 109 Å². The number of unbranched alkanes of at least 4 members (excludes halogenated alkanes) is 21. The lowest BCUT2D eigenvalue weighted by Crippen LogP contribution is -2.28. The van der Waals surface area contributed by atoms with Crippen LogP contribution in [0.5, 0.6) is 0 Å². The lowest BCUT2D eigenvalue weighted by atomic mass is 10.0. The van der Waals surface area contributed by atoms with E-state index in [-0.39, 0.29) is 25.2 Å². The van der Waals surface area contributed by atoms with Crippen LogP contribution in [0.25, 0.3) is 0 Å². The molecule has 0 spiro atoms. The van der Waals surface area contributed by atoms with E-state index in [4.69, 9.17) is 9.47 Å². The summed E-state index contributed by atoms with van der Waals surface area (Å²) in [4.78, 5) is 24.2. The van der Waals surface area contributed by atoms with Gasteiger partial charge in [0, 0.05) is 12.8 Å². The molecule has 0 aromatic rings. The summed E-state index contributed by atoms with van der Waals surface area (Å²) in [6, 6.07) is 0. The van der Waals surface area contributed by atoms with Crippen molar-refractivity contribution in [2.45, 2.75) is 193 Å². The highest BCUT2D eigenvalue weighted by molar-refractivity contribution is 5.70. The van der Waals surface area contributed by atoms with Crippen LogP contribution in [0, 0.1) is 0 Å². The minimum absolute atomic E-state index is 0.0694. The quantitative estimate of drug-likeness (QED) is 0.0457. The van der Waals surface area contributed by atoms with Crippen molar-refractivity contribution in [2.24, 2.45) is 0 Å². The largest absolute Gasteiger partial charge is 0.462 e. The first-order chi connectivity index (χ1) is 21.1. The van der Waals surface area contributed by atoms with E-state index >= 15 is 0 Å². The van der Waals surface area contributed by atoms with Crippen molar-refractivity contribution in [3.8, 4) is 0 Å². The summed E-state index contributed by atoms with van der Waals surface area (Å²) in [7, 11) is 0. The van der Waals surface area contributed by atoms with E-state index in [1.807, 2.05) is 0 Å².